The SMILES string of the molecule is O=C(NCC1CCCO1)Nc1ccc(N2CCOCC2)c(F)c1. The first kappa shape index (κ1) is 16.0. The summed E-state index contributed by atoms with van der Waals surface area (Å²) in [6, 6.07) is 4.39. The highest BCUT2D eigenvalue weighted by atomic mass is 19.1. The summed E-state index contributed by atoms with van der Waals surface area (Å²) in [4.78, 5) is 13.8. The Morgan fingerprint density at radius 3 is 2.83 bits per heavy atom. The fourth-order valence-corrected chi connectivity index (χ4v) is 2.83. The lowest BCUT2D eigenvalue weighted by Gasteiger charge is -2.29. The van der Waals surface area contributed by atoms with Crippen molar-refractivity contribution >= 4 is 17.4 Å². The van der Waals surface area contributed by atoms with E-state index in [0.717, 1.165) is 19.4 Å². The third-order valence-corrected chi connectivity index (χ3v) is 4.07. The standard InChI is InChI=1S/C16H22FN3O3/c17-14-10-12(3-4-15(14)20-5-8-22-9-6-20)19-16(21)18-11-13-2-1-7-23-13/h3-4,10,13H,1-2,5-9,11H2,(H2,18,19,21). The van der Waals surface area contributed by atoms with E-state index in [0.29, 0.717) is 44.2 Å². The quantitative estimate of drug-likeness (QED) is 0.889. The third-order valence-electron chi connectivity index (χ3n) is 4.07. The van der Waals surface area contributed by atoms with Crippen LogP contribution < -0.4 is 15.5 Å². The molecule has 1 atom stereocenters. The molecule has 23 heavy (non-hydrogen) atoms. The van der Waals surface area contributed by atoms with Gasteiger partial charge in [0.05, 0.1) is 25.0 Å². The molecule has 2 saturated heterocycles. The number of carbonyl (C=O) groups excluding carboxylic acids is 1. The summed E-state index contributed by atoms with van der Waals surface area (Å²) in [5.41, 5.74) is 0.975. The molecule has 6 nitrogen and oxygen atoms in total. The summed E-state index contributed by atoms with van der Waals surface area (Å²) in [6.45, 7) is 3.77. The molecule has 2 N–H and O–H groups in total. The molecule has 1 aromatic rings. The summed E-state index contributed by atoms with van der Waals surface area (Å²) in [6.07, 6.45) is 2.08. The number of urea groups is 1. The average Bonchev–Trinajstić information content (AvgIpc) is 3.07. The minimum absolute atomic E-state index is 0.0844. The Labute approximate surface area is 134 Å². The number of carbonyl (C=O) groups is 1. The summed E-state index contributed by atoms with van der Waals surface area (Å²) in [5.74, 6) is -0.344. The molecule has 3 rings (SSSR count). The lowest BCUT2D eigenvalue weighted by Crippen LogP contribution is -2.37. The number of hydrogen-bond donors (Lipinski definition) is 2. The molecule has 2 fully saturated rings. The van der Waals surface area contributed by atoms with Crippen LogP contribution in [0.4, 0.5) is 20.6 Å². The van der Waals surface area contributed by atoms with Gasteiger partial charge in [0.25, 0.3) is 0 Å². The van der Waals surface area contributed by atoms with Crippen LogP contribution in [0, 0.1) is 5.82 Å². The number of amides is 2. The predicted octanol–water partition coefficient (Wildman–Crippen LogP) is 1.96. The number of hydrogen-bond acceptors (Lipinski definition) is 4. The topological polar surface area (TPSA) is 62.8 Å². The van der Waals surface area contributed by atoms with Crippen LogP contribution in [0.25, 0.3) is 0 Å². The number of rotatable bonds is 4. The van der Waals surface area contributed by atoms with E-state index in [-0.39, 0.29) is 18.0 Å². The summed E-state index contributed by atoms with van der Waals surface area (Å²) >= 11 is 0. The second kappa shape index (κ2) is 7.61. The number of anilines is 2. The first-order chi connectivity index (χ1) is 11.2. The Morgan fingerprint density at radius 2 is 2.13 bits per heavy atom. The normalized spacial score (nSPS) is 21.3. The minimum atomic E-state index is -0.348. The fraction of sp³-hybridized carbons (Fsp3) is 0.562. The van der Waals surface area contributed by atoms with Crippen LogP contribution in [0.2, 0.25) is 0 Å². The second-order valence-corrected chi connectivity index (χ2v) is 5.74. The molecule has 2 amide bonds. The molecule has 2 aliphatic heterocycles. The van der Waals surface area contributed by atoms with Crippen LogP contribution in [0.1, 0.15) is 12.8 Å². The van der Waals surface area contributed by atoms with Crippen molar-refractivity contribution in [2.45, 2.75) is 18.9 Å². The van der Waals surface area contributed by atoms with Crippen molar-refractivity contribution in [3.63, 3.8) is 0 Å². The Kier molecular flexibility index (Phi) is 5.30. The molecule has 0 saturated carbocycles. The fourth-order valence-electron chi connectivity index (χ4n) is 2.83. The van der Waals surface area contributed by atoms with Gasteiger partial charge in [0.2, 0.25) is 0 Å². The summed E-state index contributed by atoms with van der Waals surface area (Å²) in [7, 11) is 0. The van der Waals surface area contributed by atoms with Crippen LogP contribution in [-0.2, 0) is 9.47 Å². The zero-order chi connectivity index (χ0) is 16.1. The molecule has 126 valence electrons. The molecule has 0 aromatic heterocycles. The highest BCUT2D eigenvalue weighted by Crippen LogP contribution is 2.23. The van der Waals surface area contributed by atoms with Crippen molar-refractivity contribution in [2.75, 3.05) is 49.7 Å². The molecule has 0 bridgehead atoms. The molecule has 7 heteroatoms. The second-order valence-electron chi connectivity index (χ2n) is 5.74. The van der Waals surface area contributed by atoms with E-state index in [9.17, 15) is 9.18 Å². The predicted molar refractivity (Wildman–Crippen MR) is 85.4 cm³/mol. The Morgan fingerprint density at radius 1 is 1.30 bits per heavy atom. The van der Waals surface area contributed by atoms with Crippen LogP contribution in [0.5, 0.6) is 0 Å². The van der Waals surface area contributed by atoms with Gasteiger partial charge in [-0.05, 0) is 31.0 Å². The molecule has 2 aliphatic rings. The maximum absolute atomic E-state index is 14.2. The van der Waals surface area contributed by atoms with Gasteiger partial charge in [-0.3, -0.25) is 0 Å². The van der Waals surface area contributed by atoms with Crippen molar-refractivity contribution in [1.29, 1.82) is 0 Å². The largest absolute Gasteiger partial charge is 0.378 e. The molecule has 0 radical (unpaired) electrons. The highest BCUT2D eigenvalue weighted by molar-refractivity contribution is 5.89. The smallest absolute Gasteiger partial charge is 0.319 e. The number of ether oxygens (including phenoxy) is 2. The lowest BCUT2D eigenvalue weighted by atomic mass is 10.2. The molecule has 1 aromatic carbocycles. The van der Waals surface area contributed by atoms with E-state index in [1.165, 1.54) is 6.07 Å². The van der Waals surface area contributed by atoms with E-state index in [1.807, 2.05) is 4.90 Å². The maximum Gasteiger partial charge on any atom is 0.319 e. The molecular weight excluding hydrogens is 301 g/mol. The summed E-state index contributed by atoms with van der Waals surface area (Å²) in [5, 5.41) is 5.39. The van der Waals surface area contributed by atoms with Gasteiger partial charge in [0.1, 0.15) is 5.82 Å². The number of nitrogens with one attached hydrogen (secondary N) is 2. The number of benzene rings is 1. The molecule has 0 spiro atoms. The first-order valence-electron chi connectivity index (χ1n) is 8.01. The Bertz CT molecular complexity index is 543. The van der Waals surface area contributed by atoms with E-state index in [2.05, 4.69) is 10.6 Å². The van der Waals surface area contributed by atoms with Gasteiger partial charge < -0.3 is 25.0 Å². The molecule has 2 heterocycles. The molecule has 0 aliphatic carbocycles. The first-order valence-corrected chi connectivity index (χ1v) is 8.01. The van der Waals surface area contributed by atoms with Gasteiger partial charge in [0.15, 0.2) is 0 Å². The zero-order valence-corrected chi connectivity index (χ0v) is 13.0. The van der Waals surface area contributed by atoms with Crippen molar-refractivity contribution in [2.24, 2.45) is 0 Å². The third kappa shape index (κ3) is 4.33. The van der Waals surface area contributed by atoms with Gasteiger partial charge in [-0.2, -0.15) is 0 Å². The maximum atomic E-state index is 14.2. The van der Waals surface area contributed by atoms with E-state index < -0.39 is 0 Å². The van der Waals surface area contributed by atoms with Gasteiger partial charge in [-0.1, -0.05) is 0 Å². The van der Waals surface area contributed by atoms with E-state index in [4.69, 9.17) is 9.47 Å². The Balaban J connectivity index is 1.53. The summed E-state index contributed by atoms with van der Waals surface area (Å²) < 4.78 is 24.9. The zero-order valence-electron chi connectivity index (χ0n) is 13.0. The Hall–Kier alpha value is -1.86. The number of nitrogens with zero attached hydrogens (tertiary/aromatic N) is 1. The average molecular weight is 323 g/mol. The van der Waals surface area contributed by atoms with Crippen molar-refractivity contribution in [1.82, 2.24) is 5.32 Å². The van der Waals surface area contributed by atoms with Gasteiger partial charge >= 0.3 is 6.03 Å². The molecule has 1 unspecified atom stereocenters. The van der Waals surface area contributed by atoms with Crippen LogP contribution in [0.15, 0.2) is 18.2 Å². The van der Waals surface area contributed by atoms with Crippen LogP contribution in [-0.4, -0.2) is 51.6 Å². The minimum Gasteiger partial charge on any atom is -0.378 e. The molecular formula is C16H22FN3O3. The van der Waals surface area contributed by atoms with Crippen LogP contribution >= 0.6 is 0 Å². The van der Waals surface area contributed by atoms with E-state index in [1.54, 1.807) is 12.1 Å². The van der Waals surface area contributed by atoms with Crippen LogP contribution in [0.3, 0.4) is 0 Å². The highest BCUT2D eigenvalue weighted by Gasteiger charge is 2.17. The van der Waals surface area contributed by atoms with Crippen molar-refractivity contribution in [3.05, 3.63) is 24.0 Å². The number of halogens is 1. The van der Waals surface area contributed by atoms with Gasteiger partial charge in [-0.25, -0.2) is 9.18 Å². The van der Waals surface area contributed by atoms with Gasteiger partial charge in [0, 0.05) is 31.9 Å². The van der Waals surface area contributed by atoms with E-state index >= 15 is 0 Å². The van der Waals surface area contributed by atoms with Crippen molar-refractivity contribution < 1.29 is 18.7 Å². The number of morpholine rings is 1. The van der Waals surface area contributed by atoms with Crippen molar-refractivity contribution in [3.8, 4) is 0 Å². The monoisotopic (exact) mass is 323 g/mol. The lowest BCUT2D eigenvalue weighted by molar-refractivity contribution is 0.112. The van der Waals surface area contributed by atoms with Gasteiger partial charge in [-0.15, -0.1) is 0 Å².